The molecule has 0 saturated carbocycles. The van der Waals surface area contributed by atoms with Gasteiger partial charge in [0.05, 0.1) is 18.7 Å². The number of aromatic nitrogens is 3. The summed E-state index contributed by atoms with van der Waals surface area (Å²) in [5, 5.41) is 10.6. The Morgan fingerprint density at radius 3 is 2.78 bits per heavy atom. The molecule has 0 aliphatic carbocycles. The van der Waals surface area contributed by atoms with Crippen LogP contribution in [0.5, 0.6) is 0 Å². The number of carbonyl (C=O) groups is 1. The van der Waals surface area contributed by atoms with E-state index in [2.05, 4.69) is 15.5 Å². The Morgan fingerprint density at radius 1 is 1.61 bits per heavy atom. The number of urea groups is 1. The van der Waals surface area contributed by atoms with Gasteiger partial charge in [0.25, 0.3) is 0 Å². The molecule has 7 heteroatoms. The van der Waals surface area contributed by atoms with Gasteiger partial charge in [0, 0.05) is 21.2 Å². The maximum Gasteiger partial charge on any atom is 0.318 e. The second-order valence-corrected chi connectivity index (χ2v) is 4.39. The van der Waals surface area contributed by atoms with Crippen LogP contribution in [0.4, 0.5) is 4.79 Å². The number of ether oxygens (including phenoxy) is 1. The van der Waals surface area contributed by atoms with Crippen molar-refractivity contribution in [2.75, 3.05) is 20.8 Å². The lowest BCUT2D eigenvalue weighted by atomic mass is 10.3. The molecule has 0 spiro atoms. The summed E-state index contributed by atoms with van der Waals surface area (Å²) in [7, 11) is 5.20. The van der Waals surface area contributed by atoms with Gasteiger partial charge >= 0.3 is 6.03 Å². The van der Waals surface area contributed by atoms with Gasteiger partial charge in [0.2, 0.25) is 0 Å². The molecule has 0 saturated heterocycles. The number of carbonyl (C=O) groups excluding carboxylic acids is 1. The highest BCUT2D eigenvalue weighted by molar-refractivity contribution is 5.74. The van der Waals surface area contributed by atoms with E-state index in [1.807, 2.05) is 20.9 Å². The fourth-order valence-electron chi connectivity index (χ4n) is 1.59. The number of likely N-dealkylation sites (N-methyl/N-ethyl adjacent to an activating group) is 1. The third-order valence-corrected chi connectivity index (χ3v) is 2.86. The zero-order valence-corrected chi connectivity index (χ0v) is 11.5. The average Bonchev–Trinajstić information content (AvgIpc) is 2.74. The topological polar surface area (TPSA) is 72.3 Å². The Kier molecular flexibility index (Phi) is 5.08. The molecule has 102 valence electrons. The highest BCUT2D eigenvalue weighted by atomic mass is 16.5. The SMILES string of the molecule is COC[C@H](C)N(C)C(=O)N[C@@H](C)c1nncn1C. The zero-order chi connectivity index (χ0) is 13.7. The van der Waals surface area contributed by atoms with Crippen LogP contribution >= 0.6 is 0 Å². The Balaban J connectivity index is 2.57. The number of aryl methyl sites for hydroxylation is 1. The van der Waals surface area contributed by atoms with Crippen LogP contribution in [-0.2, 0) is 11.8 Å². The van der Waals surface area contributed by atoms with Crippen LogP contribution in [0.15, 0.2) is 6.33 Å². The minimum Gasteiger partial charge on any atom is -0.383 e. The van der Waals surface area contributed by atoms with Gasteiger partial charge in [0.15, 0.2) is 5.82 Å². The molecule has 1 N–H and O–H groups in total. The summed E-state index contributed by atoms with van der Waals surface area (Å²) in [6, 6.07) is -0.334. The third kappa shape index (κ3) is 3.43. The van der Waals surface area contributed by atoms with Crippen LogP contribution in [0, 0.1) is 0 Å². The van der Waals surface area contributed by atoms with Crippen molar-refractivity contribution in [2.24, 2.45) is 7.05 Å². The number of nitrogens with zero attached hydrogens (tertiary/aromatic N) is 4. The molecule has 1 heterocycles. The first-order chi connectivity index (χ1) is 8.47. The van der Waals surface area contributed by atoms with E-state index in [4.69, 9.17) is 4.74 Å². The van der Waals surface area contributed by atoms with Crippen molar-refractivity contribution in [1.29, 1.82) is 0 Å². The summed E-state index contributed by atoms with van der Waals surface area (Å²) in [6.07, 6.45) is 1.61. The summed E-state index contributed by atoms with van der Waals surface area (Å²) in [5.41, 5.74) is 0. The van der Waals surface area contributed by atoms with Gasteiger partial charge in [-0.2, -0.15) is 0 Å². The largest absolute Gasteiger partial charge is 0.383 e. The standard InChI is InChI=1S/C11H21N5O2/c1-8(6-18-5)16(4)11(17)13-9(2)10-14-12-7-15(10)3/h7-9H,6H2,1-5H3,(H,13,17)/t8-,9-/m0/s1. The van der Waals surface area contributed by atoms with Crippen molar-refractivity contribution in [3.8, 4) is 0 Å². The summed E-state index contributed by atoms with van der Waals surface area (Å²) in [6.45, 7) is 4.30. The second-order valence-electron chi connectivity index (χ2n) is 4.39. The fourth-order valence-corrected chi connectivity index (χ4v) is 1.59. The lowest BCUT2D eigenvalue weighted by Crippen LogP contribution is -2.45. The summed E-state index contributed by atoms with van der Waals surface area (Å²) in [5.74, 6) is 0.719. The van der Waals surface area contributed by atoms with Crippen LogP contribution in [0.25, 0.3) is 0 Å². The minimum atomic E-state index is -0.192. The molecule has 1 rings (SSSR count). The number of rotatable bonds is 5. The lowest BCUT2D eigenvalue weighted by molar-refractivity contribution is 0.122. The normalized spacial score (nSPS) is 14.1. The van der Waals surface area contributed by atoms with Gasteiger partial charge in [-0.3, -0.25) is 0 Å². The van der Waals surface area contributed by atoms with Gasteiger partial charge < -0.3 is 19.5 Å². The van der Waals surface area contributed by atoms with Crippen molar-refractivity contribution >= 4 is 6.03 Å². The van der Waals surface area contributed by atoms with E-state index in [0.29, 0.717) is 6.61 Å². The smallest absolute Gasteiger partial charge is 0.318 e. The van der Waals surface area contributed by atoms with Crippen LogP contribution in [0.1, 0.15) is 25.7 Å². The second kappa shape index (κ2) is 6.34. The molecular formula is C11H21N5O2. The fraction of sp³-hybridized carbons (Fsp3) is 0.727. The molecular weight excluding hydrogens is 234 g/mol. The maximum atomic E-state index is 12.0. The van der Waals surface area contributed by atoms with Gasteiger partial charge in [-0.05, 0) is 13.8 Å². The minimum absolute atomic E-state index is 0.0155. The van der Waals surface area contributed by atoms with Crippen molar-refractivity contribution in [1.82, 2.24) is 25.0 Å². The molecule has 7 nitrogen and oxygen atoms in total. The molecule has 0 fully saturated rings. The summed E-state index contributed by atoms with van der Waals surface area (Å²) in [4.78, 5) is 13.6. The van der Waals surface area contributed by atoms with Crippen molar-refractivity contribution < 1.29 is 9.53 Å². The molecule has 0 radical (unpaired) electrons. The molecule has 0 aromatic carbocycles. The summed E-state index contributed by atoms with van der Waals surface area (Å²) >= 11 is 0. The third-order valence-electron chi connectivity index (χ3n) is 2.86. The van der Waals surface area contributed by atoms with Crippen LogP contribution in [0.3, 0.4) is 0 Å². The van der Waals surface area contributed by atoms with Gasteiger partial charge in [-0.15, -0.1) is 10.2 Å². The Bertz CT molecular complexity index is 393. The monoisotopic (exact) mass is 255 g/mol. The molecule has 0 aliphatic rings. The molecule has 0 unspecified atom stereocenters. The van der Waals surface area contributed by atoms with E-state index in [0.717, 1.165) is 5.82 Å². The predicted molar refractivity (Wildman–Crippen MR) is 67.1 cm³/mol. The van der Waals surface area contributed by atoms with Crippen LogP contribution in [0.2, 0.25) is 0 Å². The molecule has 0 bridgehead atoms. The van der Waals surface area contributed by atoms with Crippen LogP contribution in [-0.4, -0.2) is 52.5 Å². The Labute approximate surface area is 107 Å². The maximum absolute atomic E-state index is 12.0. The van der Waals surface area contributed by atoms with Crippen molar-refractivity contribution in [3.05, 3.63) is 12.2 Å². The van der Waals surface area contributed by atoms with E-state index >= 15 is 0 Å². The zero-order valence-electron chi connectivity index (χ0n) is 11.5. The first-order valence-electron chi connectivity index (χ1n) is 5.83. The lowest BCUT2D eigenvalue weighted by Gasteiger charge is -2.26. The molecule has 2 atom stereocenters. The van der Waals surface area contributed by atoms with Gasteiger partial charge in [-0.25, -0.2) is 4.79 Å². The quantitative estimate of drug-likeness (QED) is 0.834. The van der Waals surface area contributed by atoms with E-state index in [9.17, 15) is 4.79 Å². The number of amides is 2. The summed E-state index contributed by atoms with van der Waals surface area (Å²) < 4.78 is 6.80. The number of hydrogen-bond acceptors (Lipinski definition) is 4. The number of nitrogens with one attached hydrogen (secondary N) is 1. The molecule has 0 aliphatic heterocycles. The highest BCUT2D eigenvalue weighted by Crippen LogP contribution is 2.08. The molecule has 1 aromatic rings. The van der Waals surface area contributed by atoms with E-state index in [-0.39, 0.29) is 18.1 Å². The van der Waals surface area contributed by atoms with Gasteiger partial charge in [0.1, 0.15) is 6.33 Å². The Hall–Kier alpha value is -1.63. The van der Waals surface area contributed by atoms with E-state index < -0.39 is 0 Å². The molecule has 18 heavy (non-hydrogen) atoms. The molecule has 1 aromatic heterocycles. The predicted octanol–water partition coefficient (Wildman–Crippen LogP) is 0.552. The van der Waals surface area contributed by atoms with Crippen LogP contribution < -0.4 is 5.32 Å². The average molecular weight is 255 g/mol. The first kappa shape index (κ1) is 14.4. The Morgan fingerprint density at radius 2 is 2.28 bits per heavy atom. The van der Waals surface area contributed by atoms with Gasteiger partial charge in [-0.1, -0.05) is 0 Å². The van der Waals surface area contributed by atoms with E-state index in [1.165, 1.54) is 0 Å². The van der Waals surface area contributed by atoms with Crippen molar-refractivity contribution in [2.45, 2.75) is 25.9 Å². The first-order valence-corrected chi connectivity index (χ1v) is 5.83. The number of hydrogen-bond donors (Lipinski definition) is 1. The number of methoxy groups -OCH3 is 1. The van der Waals surface area contributed by atoms with Crippen molar-refractivity contribution in [3.63, 3.8) is 0 Å². The highest BCUT2D eigenvalue weighted by Gasteiger charge is 2.19. The van der Waals surface area contributed by atoms with E-state index in [1.54, 1.807) is 30.0 Å². The molecule has 2 amide bonds.